The number of aromatic nitrogens is 4. The van der Waals surface area contributed by atoms with Crippen molar-refractivity contribution in [1.29, 1.82) is 0 Å². The second kappa shape index (κ2) is 5.56. The van der Waals surface area contributed by atoms with Crippen LogP contribution in [0, 0.1) is 13.8 Å². The number of aryl methyl sites for hydroxylation is 2. The summed E-state index contributed by atoms with van der Waals surface area (Å²) in [7, 11) is 4.20. The molecule has 1 unspecified atom stereocenters. The number of hydrogen-bond donors (Lipinski definition) is 0. The molecule has 0 spiro atoms. The van der Waals surface area contributed by atoms with Crippen molar-refractivity contribution in [2.45, 2.75) is 39.2 Å². The van der Waals surface area contributed by atoms with E-state index in [4.69, 9.17) is 4.98 Å². The maximum absolute atomic E-state index is 4.84. The van der Waals surface area contributed by atoms with Gasteiger partial charge in [-0.25, -0.2) is 15.0 Å². The van der Waals surface area contributed by atoms with Crippen LogP contribution in [0.1, 0.15) is 42.6 Å². The zero-order chi connectivity index (χ0) is 15.0. The van der Waals surface area contributed by atoms with E-state index in [2.05, 4.69) is 26.5 Å². The van der Waals surface area contributed by atoms with E-state index in [0.717, 1.165) is 41.7 Å². The number of nitrogens with zero attached hydrogens (tertiary/aromatic N) is 5. The molecular formula is C16H23N5. The zero-order valence-corrected chi connectivity index (χ0v) is 13.3. The van der Waals surface area contributed by atoms with Crippen molar-refractivity contribution in [3.8, 4) is 11.4 Å². The largest absolute Gasteiger partial charge is 0.330 e. The molecular weight excluding hydrogens is 262 g/mol. The minimum atomic E-state index is 0.340. The Bertz CT molecular complexity index is 646. The molecule has 2 aromatic rings. The topological polar surface area (TPSA) is 46.8 Å². The number of rotatable bonds is 2. The summed E-state index contributed by atoms with van der Waals surface area (Å²) in [6.45, 7) is 5.18. The lowest BCUT2D eigenvalue weighted by molar-refractivity contribution is 0.179. The molecule has 2 aromatic heterocycles. The molecule has 112 valence electrons. The summed E-state index contributed by atoms with van der Waals surface area (Å²) in [6, 6.07) is 2.38. The molecule has 0 aliphatic carbocycles. The first-order chi connectivity index (χ1) is 10.1. The maximum Gasteiger partial charge on any atom is 0.146 e. The Kier molecular flexibility index (Phi) is 3.76. The van der Waals surface area contributed by atoms with Gasteiger partial charge in [-0.2, -0.15) is 0 Å². The van der Waals surface area contributed by atoms with Gasteiger partial charge in [0, 0.05) is 12.7 Å². The van der Waals surface area contributed by atoms with Gasteiger partial charge in [-0.15, -0.1) is 0 Å². The van der Waals surface area contributed by atoms with E-state index in [1.807, 2.05) is 33.2 Å². The molecule has 1 saturated heterocycles. The molecule has 0 saturated carbocycles. The van der Waals surface area contributed by atoms with E-state index >= 15 is 0 Å². The second-order valence-corrected chi connectivity index (χ2v) is 5.99. The standard InChI is InChI=1S/C16H23N5/c1-11-9-13(15-10-17-12(2)21(15)4)19-16(18-11)14-7-5-6-8-20(14)3/h9-10,14H,5-8H2,1-4H3. The summed E-state index contributed by atoms with van der Waals surface area (Å²) in [5.41, 5.74) is 3.05. The predicted molar refractivity (Wildman–Crippen MR) is 82.9 cm³/mol. The van der Waals surface area contributed by atoms with Gasteiger partial charge in [0.15, 0.2) is 0 Å². The first-order valence-electron chi connectivity index (χ1n) is 7.61. The van der Waals surface area contributed by atoms with Gasteiger partial charge >= 0.3 is 0 Å². The Morgan fingerprint density at radius 3 is 2.62 bits per heavy atom. The highest BCUT2D eigenvalue weighted by molar-refractivity contribution is 5.54. The Morgan fingerprint density at radius 2 is 1.95 bits per heavy atom. The van der Waals surface area contributed by atoms with Crippen LogP contribution >= 0.6 is 0 Å². The van der Waals surface area contributed by atoms with Gasteiger partial charge in [0.2, 0.25) is 0 Å². The monoisotopic (exact) mass is 285 g/mol. The van der Waals surface area contributed by atoms with Crippen molar-refractivity contribution < 1.29 is 0 Å². The van der Waals surface area contributed by atoms with E-state index < -0.39 is 0 Å². The molecule has 0 aromatic carbocycles. The van der Waals surface area contributed by atoms with Gasteiger partial charge in [0.1, 0.15) is 11.6 Å². The van der Waals surface area contributed by atoms with E-state index in [9.17, 15) is 0 Å². The molecule has 0 radical (unpaired) electrons. The molecule has 5 heteroatoms. The van der Waals surface area contributed by atoms with Gasteiger partial charge < -0.3 is 4.57 Å². The smallest absolute Gasteiger partial charge is 0.146 e. The fourth-order valence-electron chi connectivity index (χ4n) is 3.01. The van der Waals surface area contributed by atoms with E-state index in [-0.39, 0.29) is 0 Å². The molecule has 0 amide bonds. The minimum absolute atomic E-state index is 0.340. The second-order valence-electron chi connectivity index (χ2n) is 5.99. The predicted octanol–water partition coefficient (Wildman–Crippen LogP) is 2.65. The number of imidazole rings is 1. The normalized spacial score (nSPS) is 19.9. The Balaban J connectivity index is 2.02. The van der Waals surface area contributed by atoms with Crippen molar-refractivity contribution in [3.05, 3.63) is 29.6 Å². The van der Waals surface area contributed by atoms with Crippen LogP contribution in [0.25, 0.3) is 11.4 Å². The summed E-state index contributed by atoms with van der Waals surface area (Å²) in [4.78, 5) is 16.3. The zero-order valence-electron chi connectivity index (χ0n) is 13.3. The number of piperidine rings is 1. The molecule has 1 aliphatic heterocycles. The number of likely N-dealkylation sites (tertiary alicyclic amines) is 1. The highest BCUT2D eigenvalue weighted by Crippen LogP contribution is 2.29. The third kappa shape index (κ3) is 2.70. The van der Waals surface area contributed by atoms with Gasteiger partial charge in [-0.05, 0) is 46.3 Å². The Labute approximate surface area is 126 Å². The van der Waals surface area contributed by atoms with Crippen LogP contribution in [-0.2, 0) is 7.05 Å². The van der Waals surface area contributed by atoms with E-state index in [1.54, 1.807) is 0 Å². The van der Waals surface area contributed by atoms with Crippen LogP contribution in [0.5, 0.6) is 0 Å². The Morgan fingerprint density at radius 1 is 1.14 bits per heavy atom. The van der Waals surface area contributed by atoms with E-state index in [0.29, 0.717) is 6.04 Å². The van der Waals surface area contributed by atoms with Crippen LogP contribution in [0.4, 0.5) is 0 Å². The first-order valence-corrected chi connectivity index (χ1v) is 7.61. The molecule has 0 N–H and O–H groups in total. The molecule has 5 nitrogen and oxygen atoms in total. The minimum Gasteiger partial charge on any atom is -0.330 e. The van der Waals surface area contributed by atoms with Gasteiger partial charge in [-0.3, -0.25) is 4.90 Å². The summed E-state index contributed by atoms with van der Waals surface area (Å²) in [6.07, 6.45) is 5.56. The maximum atomic E-state index is 4.84. The fourth-order valence-corrected chi connectivity index (χ4v) is 3.01. The van der Waals surface area contributed by atoms with Crippen molar-refractivity contribution in [2.24, 2.45) is 7.05 Å². The van der Waals surface area contributed by atoms with Crippen LogP contribution in [-0.4, -0.2) is 38.0 Å². The lowest BCUT2D eigenvalue weighted by Crippen LogP contribution is -2.31. The lowest BCUT2D eigenvalue weighted by Gasteiger charge is -2.31. The van der Waals surface area contributed by atoms with Crippen LogP contribution < -0.4 is 0 Å². The van der Waals surface area contributed by atoms with Gasteiger partial charge in [0.05, 0.1) is 23.6 Å². The van der Waals surface area contributed by atoms with Crippen molar-refractivity contribution in [3.63, 3.8) is 0 Å². The Hall–Kier alpha value is -1.75. The number of hydrogen-bond acceptors (Lipinski definition) is 4. The average molecular weight is 285 g/mol. The van der Waals surface area contributed by atoms with Crippen molar-refractivity contribution in [1.82, 2.24) is 24.4 Å². The van der Waals surface area contributed by atoms with E-state index in [1.165, 1.54) is 12.8 Å². The summed E-state index contributed by atoms with van der Waals surface area (Å²) in [5.74, 6) is 1.95. The highest BCUT2D eigenvalue weighted by Gasteiger charge is 2.24. The van der Waals surface area contributed by atoms with Gasteiger partial charge in [0.25, 0.3) is 0 Å². The SMILES string of the molecule is Cc1cc(-c2cnc(C)n2C)nc(C2CCCCN2C)n1. The molecule has 1 aliphatic rings. The highest BCUT2D eigenvalue weighted by atomic mass is 15.2. The van der Waals surface area contributed by atoms with Gasteiger partial charge in [-0.1, -0.05) is 6.42 Å². The fraction of sp³-hybridized carbons (Fsp3) is 0.562. The quantitative estimate of drug-likeness (QED) is 0.851. The third-order valence-corrected chi connectivity index (χ3v) is 4.42. The molecule has 3 rings (SSSR count). The van der Waals surface area contributed by atoms with Crippen molar-refractivity contribution in [2.75, 3.05) is 13.6 Å². The van der Waals surface area contributed by atoms with Crippen LogP contribution in [0.15, 0.2) is 12.3 Å². The van der Waals surface area contributed by atoms with Crippen LogP contribution in [0.3, 0.4) is 0 Å². The lowest BCUT2D eigenvalue weighted by atomic mass is 10.0. The molecule has 3 heterocycles. The summed E-state index contributed by atoms with van der Waals surface area (Å²) in [5, 5.41) is 0. The molecule has 1 atom stereocenters. The third-order valence-electron chi connectivity index (χ3n) is 4.42. The molecule has 1 fully saturated rings. The molecule has 21 heavy (non-hydrogen) atoms. The summed E-state index contributed by atoms with van der Waals surface area (Å²) >= 11 is 0. The van der Waals surface area contributed by atoms with Crippen LogP contribution in [0.2, 0.25) is 0 Å². The average Bonchev–Trinajstić information content (AvgIpc) is 2.79. The summed E-state index contributed by atoms with van der Waals surface area (Å²) < 4.78 is 2.08. The van der Waals surface area contributed by atoms with Crippen molar-refractivity contribution >= 4 is 0 Å². The first kappa shape index (κ1) is 14.2. The molecule has 0 bridgehead atoms.